The van der Waals surface area contributed by atoms with Gasteiger partial charge in [0.05, 0.1) is 19.0 Å². The number of aromatic nitrogens is 1. The number of ether oxygens (including phenoxy) is 1. The summed E-state index contributed by atoms with van der Waals surface area (Å²) in [6.45, 7) is 2.22. The molecule has 0 radical (unpaired) electrons. The zero-order valence-corrected chi connectivity index (χ0v) is 15.4. The molecule has 1 fully saturated rings. The van der Waals surface area contributed by atoms with Crippen LogP contribution in [0.1, 0.15) is 17.4 Å². The molecule has 1 aliphatic rings. The standard InChI is InChI=1S/C17H17F3N2O4S/c1-17(7-26-8-17)9-27(24,25)13-6-22(2)15(14(13)20)16(23)21-10-3-4-11(18)12(19)5-10/h3-6H,7-9H2,1-2H3,(H,21,23). The van der Waals surface area contributed by atoms with Gasteiger partial charge in [-0.2, -0.15) is 0 Å². The van der Waals surface area contributed by atoms with Crippen LogP contribution in [0.2, 0.25) is 0 Å². The van der Waals surface area contributed by atoms with Gasteiger partial charge in [-0.1, -0.05) is 6.92 Å². The second-order valence-corrected chi connectivity index (χ2v) is 8.87. The molecule has 0 saturated carbocycles. The average Bonchev–Trinajstić information content (AvgIpc) is 2.84. The number of rotatable bonds is 5. The molecule has 0 unspecified atom stereocenters. The Bertz CT molecular complexity index is 1010. The van der Waals surface area contributed by atoms with Crippen molar-refractivity contribution in [3.8, 4) is 0 Å². The van der Waals surface area contributed by atoms with E-state index in [1.807, 2.05) is 0 Å². The number of anilines is 1. The van der Waals surface area contributed by atoms with Crippen LogP contribution >= 0.6 is 0 Å². The Morgan fingerprint density at radius 3 is 2.48 bits per heavy atom. The molecule has 0 atom stereocenters. The van der Waals surface area contributed by atoms with E-state index in [1.165, 1.54) is 7.05 Å². The first-order valence-corrected chi connectivity index (χ1v) is 9.59. The maximum Gasteiger partial charge on any atom is 0.275 e. The number of carbonyl (C=O) groups is 1. The molecule has 0 aliphatic carbocycles. The Labute approximate surface area is 153 Å². The molecule has 0 bridgehead atoms. The number of halogens is 3. The molecular weight excluding hydrogens is 385 g/mol. The summed E-state index contributed by atoms with van der Waals surface area (Å²) in [4.78, 5) is 11.8. The molecule has 27 heavy (non-hydrogen) atoms. The average molecular weight is 402 g/mol. The number of nitrogens with one attached hydrogen (secondary N) is 1. The number of benzene rings is 1. The second-order valence-electron chi connectivity index (χ2n) is 6.91. The molecule has 6 nitrogen and oxygen atoms in total. The van der Waals surface area contributed by atoms with Crippen LogP contribution in [0, 0.1) is 22.9 Å². The highest BCUT2D eigenvalue weighted by Crippen LogP contribution is 2.32. The summed E-state index contributed by atoms with van der Waals surface area (Å²) in [7, 11) is -2.68. The fraction of sp³-hybridized carbons (Fsp3) is 0.353. The number of sulfone groups is 1. The lowest BCUT2D eigenvalue weighted by Crippen LogP contribution is -2.45. The maximum absolute atomic E-state index is 14.8. The molecule has 1 N–H and O–H groups in total. The van der Waals surface area contributed by atoms with E-state index in [4.69, 9.17) is 4.74 Å². The van der Waals surface area contributed by atoms with Crippen LogP contribution in [0.4, 0.5) is 18.9 Å². The van der Waals surface area contributed by atoms with Crippen molar-refractivity contribution < 1.29 is 31.1 Å². The third-order valence-electron chi connectivity index (χ3n) is 4.25. The molecule has 2 heterocycles. The Hall–Kier alpha value is -2.33. The van der Waals surface area contributed by atoms with E-state index in [0.29, 0.717) is 0 Å². The van der Waals surface area contributed by atoms with Crippen LogP contribution in [-0.4, -0.2) is 37.9 Å². The largest absolute Gasteiger partial charge is 0.380 e. The van der Waals surface area contributed by atoms with Gasteiger partial charge in [0.15, 0.2) is 27.3 Å². The van der Waals surface area contributed by atoms with Gasteiger partial charge in [-0.25, -0.2) is 21.6 Å². The van der Waals surface area contributed by atoms with E-state index in [-0.39, 0.29) is 24.7 Å². The molecule has 1 amide bonds. The number of hydrogen-bond acceptors (Lipinski definition) is 4. The highest BCUT2D eigenvalue weighted by molar-refractivity contribution is 7.91. The Morgan fingerprint density at radius 2 is 1.93 bits per heavy atom. The Kier molecular flexibility index (Phi) is 4.81. The monoisotopic (exact) mass is 402 g/mol. The highest BCUT2D eigenvalue weighted by Gasteiger charge is 2.40. The van der Waals surface area contributed by atoms with Gasteiger partial charge in [0, 0.05) is 30.4 Å². The summed E-state index contributed by atoms with van der Waals surface area (Å²) in [6.07, 6.45) is 1.02. The van der Waals surface area contributed by atoms with Gasteiger partial charge in [0.2, 0.25) is 0 Å². The van der Waals surface area contributed by atoms with E-state index < -0.39 is 49.2 Å². The second kappa shape index (κ2) is 6.68. The minimum absolute atomic E-state index is 0.0944. The highest BCUT2D eigenvalue weighted by atomic mass is 32.2. The van der Waals surface area contributed by atoms with Gasteiger partial charge in [0.25, 0.3) is 5.91 Å². The topological polar surface area (TPSA) is 77.4 Å². The predicted octanol–water partition coefficient (Wildman–Crippen LogP) is 2.50. The fourth-order valence-electron chi connectivity index (χ4n) is 2.88. The molecular formula is C17H17F3N2O4S. The van der Waals surface area contributed by atoms with Crippen LogP contribution in [0.25, 0.3) is 0 Å². The first-order chi connectivity index (χ1) is 12.5. The molecule has 1 saturated heterocycles. The lowest BCUT2D eigenvalue weighted by molar-refractivity contribution is -0.0870. The van der Waals surface area contributed by atoms with Crippen LogP contribution in [0.3, 0.4) is 0 Å². The molecule has 1 aromatic carbocycles. The van der Waals surface area contributed by atoms with Gasteiger partial charge in [-0.05, 0) is 12.1 Å². The summed E-state index contributed by atoms with van der Waals surface area (Å²) in [5.74, 6) is -4.77. The van der Waals surface area contributed by atoms with Gasteiger partial charge in [-0.15, -0.1) is 0 Å². The summed E-state index contributed by atoms with van der Waals surface area (Å²) < 4.78 is 72.1. The third-order valence-corrected chi connectivity index (χ3v) is 6.29. The van der Waals surface area contributed by atoms with Crippen molar-refractivity contribution >= 4 is 21.4 Å². The van der Waals surface area contributed by atoms with E-state index in [9.17, 15) is 26.4 Å². The molecule has 10 heteroatoms. The van der Waals surface area contributed by atoms with Crippen molar-refractivity contribution in [2.45, 2.75) is 11.8 Å². The lowest BCUT2D eigenvalue weighted by Gasteiger charge is -2.37. The van der Waals surface area contributed by atoms with Crippen LogP contribution in [0.15, 0.2) is 29.3 Å². The molecule has 1 aromatic heterocycles. The molecule has 1 aliphatic heterocycles. The van der Waals surface area contributed by atoms with E-state index >= 15 is 0 Å². The summed E-state index contributed by atoms with van der Waals surface area (Å²) in [6, 6.07) is 2.65. The van der Waals surface area contributed by atoms with Crippen molar-refractivity contribution in [3.05, 3.63) is 47.5 Å². The zero-order chi connectivity index (χ0) is 20.0. The molecule has 3 rings (SSSR count). The van der Waals surface area contributed by atoms with Crippen molar-refractivity contribution in [1.29, 1.82) is 0 Å². The zero-order valence-electron chi connectivity index (χ0n) is 14.6. The molecule has 0 spiro atoms. The van der Waals surface area contributed by atoms with E-state index in [1.54, 1.807) is 6.92 Å². The minimum atomic E-state index is -4.00. The molecule has 146 valence electrons. The van der Waals surface area contributed by atoms with Gasteiger partial charge >= 0.3 is 0 Å². The predicted molar refractivity (Wildman–Crippen MR) is 90.7 cm³/mol. The minimum Gasteiger partial charge on any atom is -0.380 e. The number of aryl methyl sites for hydroxylation is 1. The summed E-state index contributed by atoms with van der Waals surface area (Å²) >= 11 is 0. The summed E-state index contributed by atoms with van der Waals surface area (Å²) in [5, 5.41) is 2.22. The smallest absolute Gasteiger partial charge is 0.275 e. The van der Waals surface area contributed by atoms with Crippen molar-refractivity contribution in [1.82, 2.24) is 4.57 Å². The van der Waals surface area contributed by atoms with Crippen molar-refractivity contribution in [2.75, 3.05) is 24.3 Å². The first kappa shape index (κ1) is 19.4. The number of hydrogen-bond donors (Lipinski definition) is 1. The SMILES string of the molecule is Cn1cc(S(=O)(=O)CC2(C)COC2)c(F)c1C(=O)Nc1ccc(F)c(F)c1. The Balaban J connectivity index is 1.88. The van der Waals surface area contributed by atoms with Gasteiger partial charge in [0.1, 0.15) is 10.6 Å². The fourth-order valence-corrected chi connectivity index (χ4v) is 4.81. The third kappa shape index (κ3) is 3.72. The normalized spacial score (nSPS) is 16.0. The number of nitrogens with zero attached hydrogens (tertiary/aromatic N) is 1. The van der Waals surface area contributed by atoms with Crippen LogP contribution in [-0.2, 0) is 21.6 Å². The van der Waals surface area contributed by atoms with Crippen LogP contribution in [0.5, 0.6) is 0 Å². The first-order valence-electron chi connectivity index (χ1n) is 7.94. The van der Waals surface area contributed by atoms with Crippen molar-refractivity contribution in [3.63, 3.8) is 0 Å². The van der Waals surface area contributed by atoms with Gasteiger partial charge in [-0.3, -0.25) is 4.79 Å². The molecule has 2 aromatic rings. The number of amides is 1. The Morgan fingerprint density at radius 1 is 1.26 bits per heavy atom. The summed E-state index contributed by atoms with van der Waals surface area (Å²) in [5.41, 5.74) is -1.23. The van der Waals surface area contributed by atoms with Crippen LogP contribution < -0.4 is 5.32 Å². The van der Waals surface area contributed by atoms with Gasteiger partial charge < -0.3 is 14.6 Å². The maximum atomic E-state index is 14.8. The quantitative estimate of drug-likeness (QED) is 0.834. The van der Waals surface area contributed by atoms with E-state index in [2.05, 4.69) is 5.32 Å². The number of carbonyl (C=O) groups excluding carboxylic acids is 1. The van der Waals surface area contributed by atoms with E-state index in [0.717, 1.165) is 29.0 Å². The lowest BCUT2D eigenvalue weighted by atomic mass is 9.92. The van der Waals surface area contributed by atoms with Crippen molar-refractivity contribution in [2.24, 2.45) is 12.5 Å².